The van der Waals surface area contributed by atoms with Gasteiger partial charge < -0.3 is 9.72 Å². The highest BCUT2D eigenvalue weighted by atomic mass is 32.1. The lowest BCUT2D eigenvalue weighted by molar-refractivity contribution is 0.114. The van der Waals surface area contributed by atoms with Crippen LogP contribution in [-0.4, -0.2) is 34.6 Å². The number of likely N-dealkylation sites (tertiary alicyclic amines) is 1. The van der Waals surface area contributed by atoms with Gasteiger partial charge in [-0.15, -0.1) is 11.3 Å². The van der Waals surface area contributed by atoms with Crippen LogP contribution in [0.15, 0.2) is 23.0 Å². The van der Waals surface area contributed by atoms with Crippen molar-refractivity contribution in [3.63, 3.8) is 0 Å². The SMILES string of the molecule is Cc1nc(C2CCN(Cc3ccc(C4CCCO4)s3)CC2)cc(=O)[nH]1. The fourth-order valence-electron chi connectivity index (χ4n) is 3.87. The fraction of sp³-hybridized carbons (Fsp3) is 0.579. The van der Waals surface area contributed by atoms with Crippen molar-refractivity contribution < 1.29 is 4.74 Å². The van der Waals surface area contributed by atoms with E-state index in [0.717, 1.165) is 51.2 Å². The second-order valence-electron chi connectivity index (χ2n) is 7.11. The Hall–Kier alpha value is -1.50. The topological polar surface area (TPSA) is 58.2 Å². The van der Waals surface area contributed by atoms with Gasteiger partial charge in [0.05, 0.1) is 11.8 Å². The number of ether oxygens (including phenoxy) is 1. The summed E-state index contributed by atoms with van der Waals surface area (Å²) in [7, 11) is 0. The Kier molecular flexibility index (Phi) is 5.01. The van der Waals surface area contributed by atoms with E-state index >= 15 is 0 Å². The molecule has 1 unspecified atom stereocenters. The lowest BCUT2D eigenvalue weighted by Gasteiger charge is -2.31. The number of H-pyrrole nitrogens is 1. The molecule has 2 aromatic rings. The number of aromatic amines is 1. The van der Waals surface area contributed by atoms with Gasteiger partial charge in [-0.25, -0.2) is 4.98 Å². The average molecular weight is 359 g/mol. The van der Waals surface area contributed by atoms with Crippen LogP contribution in [0.3, 0.4) is 0 Å². The molecule has 25 heavy (non-hydrogen) atoms. The van der Waals surface area contributed by atoms with Gasteiger partial charge in [0.25, 0.3) is 5.56 Å². The molecule has 4 heterocycles. The van der Waals surface area contributed by atoms with Crippen molar-refractivity contribution in [2.24, 2.45) is 0 Å². The summed E-state index contributed by atoms with van der Waals surface area (Å²) >= 11 is 1.90. The number of thiophene rings is 1. The molecule has 1 atom stereocenters. The van der Waals surface area contributed by atoms with E-state index in [1.54, 1.807) is 6.07 Å². The van der Waals surface area contributed by atoms with Crippen LogP contribution in [-0.2, 0) is 11.3 Å². The molecule has 0 radical (unpaired) electrons. The molecule has 2 aliphatic rings. The zero-order chi connectivity index (χ0) is 17.2. The monoisotopic (exact) mass is 359 g/mol. The Labute approximate surface area is 152 Å². The van der Waals surface area contributed by atoms with E-state index in [1.165, 1.54) is 16.2 Å². The minimum atomic E-state index is -0.0369. The van der Waals surface area contributed by atoms with Gasteiger partial charge in [-0.1, -0.05) is 0 Å². The summed E-state index contributed by atoms with van der Waals surface area (Å²) in [5, 5.41) is 0. The number of piperidine rings is 1. The maximum absolute atomic E-state index is 11.7. The minimum Gasteiger partial charge on any atom is -0.373 e. The molecule has 0 amide bonds. The molecule has 134 valence electrons. The van der Waals surface area contributed by atoms with E-state index in [-0.39, 0.29) is 5.56 Å². The number of hydrogen-bond acceptors (Lipinski definition) is 5. The van der Waals surface area contributed by atoms with Crippen molar-refractivity contribution in [2.75, 3.05) is 19.7 Å². The Balaban J connectivity index is 1.33. The van der Waals surface area contributed by atoms with Gasteiger partial charge in [-0.3, -0.25) is 9.69 Å². The van der Waals surface area contributed by atoms with Crippen molar-refractivity contribution in [3.8, 4) is 0 Å². The minimum absolute atomic E-state index is 0.0369. The van der Waals surface area contributed by atoms with Gasteiger partial charge in [0.2, 0.25) is 0 Å². The number of aromatic nitrogens is 2. The molecule has 2 aromatic heterocycles. The first-order valence-corrected chi connectivity index (χ1v) is 9.99. The van der Waals surface area contributed by atoms with Crippen LogP contribution in [0.2, 0.25) is 0 Å². The number of aryl methyl sites for hydroxylation is 1. The third-order valence-electron chi connectivity index (χ3n) is 5.19. The average Bonchev–Trinajstić information content (AvgIpc) is 3.26. The number of nitrogens with one attached hydrogen (secondary N) is 1. The second kappa shape index (κ2) is 7.40. The molecule has 0 aromatic carbocycles. The first-order chi connectivity index (χ1) is 12.2. The third kappa shape index (κ3) is 4.02. The van der Waals surface area contributed by atoms with Crippen molar-refractivity contribution in [2.45, 2.75) is 51.2 Å². The van der Waals surface area contributed by atoms with E-state index in [9.17, 15) is 4.79 Å². The van der Waals surface area contributed by atoms with Gasteiger partial charge in [0.15, 0.2) is 0 Å². The molecule has 5 nitrogen and oxygen atoms in total. The van der Waals surface area contributed by atoms with Crippen LogP contribution < -0.4 is 5.56 Å². The summed E-state index contributed by atoms with van der Waals surface area (Å²) in [6.07, 6.45) is 4.81. The molecule has 2 aliphatic heterocycles. The lowest BCUT2D eigenvalue weighted by atomic mass is 9.93. The molecular formula is C19H25N3O2S. The van der Waals surface area contributed by atoms with Gasteiger partial charge in [-0.05, 0) is 57.8 Å². The standard InChI is InChI=1S/C19H25N3O2S/c1-13-20-16(11-19(23)21-13)14-6-8-22(9-7-14)12-15-4-5-18(25-15)17-3-2-10-24-17/h4-5,11,14,17H,2-3,6-10,12H2,1H3,(H,20,21,23). The van der Waals surface area contributed by atoms with E-state index < -0.39 is 0 Å². The molecule has 1 N–H and O–H groups in total. The highest BCUT2D eigenvalue weighted by Crippen LogP contribution is 2.34. The number of hydrogen-bond donors (Lipinski definition) is 1. The molecular weight excluding hydrogens is 334 g/mol. The number of rotatable bonds is 4. The lowest BCUT2D eigenvalue weighted by Crippen LogP contribution is -2.32. The predicted octanol–water partition coefficient (Wildman–Crippen LogP) is 3.37. The third-order valence-corrected chi connectivity index (χ3v) is 6.36. The van der Waals surface area contributed by atoms with Crippen molar-refractivity contribution in [1.82, 2.24) is 14.9 Å². The second-order valence-corrected chi connectivity index (χ2v) is 8.31. The molecule has 0 bridgehead atoms. The molecule has 6 heteroatoms. The van der Waals surface area contributed by atoms with Crippen LogP contribution in [0.5, 0.6) is 0 Å². The summed E-state index contributed by atoms with van der Waals surface area (Å²) in [5.41, 5.74) is 0.919. The van der Waals surface area contributed by atoms with E-state index in [1.807, 2.05) is 18.3 Å². The molecule has 4 rings (SSSR count). The highest BCUT2D eigenvalue weighted by Gasteiger charge is 2.24. The van der Waals surface area contributed by atoms with Crippen LogP contribution in [0.4, 0.5) is 0 Å². The van der Waals surface area contributed by atoms with Gasteiger partial charge in [-0.2, -0.15) is 0 Å². The number of nitrogens with zero attached hydrogens (tertiary/aromatic N) is 2. The first kappa shape index (κ1) is 16.9. The van der Waals surface area contributed by atoms with Crippen LogP contribution in [0.1, 0.15) is 59.0 Å². The zero-order valence-corrected chi connectivity index (χ0v) is 15.5. The zero-order valence-electron chi connectivity index (χ0n) is 14.7. The highest BCUT2D eigenvalue weighted by molar-refractivity contribution is 7.12. The molecule has 0 aliphatic carbocycles. The molecule has 0 saturated carbocycles. The fourth-order valence-corrected chi connectivity index (χ4v) is 5.01. The van der Waals surface area contributed by atoms with Gasteiger partial charge in [0.1, 0.15) is 5.82 Å². The molecule has 2 saturated heterocycles. The summed E-state index contributed by atoms with van der Waals surface area (Å²) in [5.74, 6) is 1.12. The maximum atomic E-state index is 11.7. The molecule has 2 fully saturated rings. The van der Waals surface area contributed by atoms with E-state index in [4.69, 9.17) is 4.74 Å². The van der Waals surface area contributed by atoms with Crippen LogP contribution in [0.25, 0.3) is 0 Å². The summed E-state index contributed by atoms with van der Waals surface area (Å²) < 4.78 is 5.79. The van der Waals surface area contributed by atoms with Crippen LogP contribution in [0, 0.1) is 6.92 Å². The van der Waals surface area contributed by atoms with Gasteiger partial charge >= 0.3 is 0 Å². The normalized spacial score (nSPS) is 22.5. The van der Waals surface area contributed by atoms with Crippen LogP contribution >= 0.6 is 11.3 Å². The Morgan fingerprint density at radius 3 is 2.88 bits per heavy atom. The molecule has 0 spiro atoms. The smallest absolute Gasteiger partial charge is 0.251 e. The summed E-state index contributed by atoms with van der Waals surface area (Å²) in [6, 6.07) is 6.17. The van der Waals surface area contributed by atoms with Crippen molar-refractivity contribution in [1.29, 1.82) is 0 Å². The van der Waals surface area contributed by atoms with Crippen molar-refractivity contribution >= 4 is 11.3 Å². The van der Waals surface area contributed by atoms with E-state index in [2.05, 4.69) is 27.0 Å². The Bertz CT molecular complexity index is 771. The largest absolute Gasteiger partial charge is 0.373 e. The van der Waals surface area contributed by atoms with Gasteiger partial charge in [0, 0.05) is 34.9 Å². The maximum Gasteiger partial charge on any atom is 0.251 e. The first-order valence-electron chi connectivity index (χ1n) is 9.18. The van der Waals surface area contributed by atoms with Crippen molar-refractivity contribution in [3.05, 3.63) is 49.8 Å². The predicted molar refractivity (Wildman–Crippen MR) is 99.1 cm³/mol. The quantitative estimate of drug-likeness (QED) is 0.909. The summed E-state index contributed by atoms with van der Waals surface area (Å²) in [6.45, 7) is 5.90. The Morgan fingerprint density at radius 1 is 1.32 bits per heavy atom. The van der Waals surface area contributed by atoms with E-state index in [0.29, 0.717) is 17.8 Å². The Morgan fingerprint density at radius 2 is 2.16 bits per heavy atom. The summed E-state index contributed by atoms with van der Waals surface area (Å²) in [4.78, 5) is 24.2.